The van der Waals surface area contributed by atoms with Gasteiger partial charge in [-0.3, -0.25) is 0 Å². The molecule has 0 bridgehead atoms. The maximum absolute atomic E-state index is 12.2. The van der Waals surface area contributed by atoms with Crippen LogP contribution in [0.1, 0.15) is 34.7 Å². The monoisotopic (exact) mass is 328 g/mol. The zero-order valence-corrected chi connectivity index (χ0v) is 14.3. The summed E-state index contributed by atoms with van der Waals surface area (Å²) in [4.78, 5) is 0. The first-order valence-electron chi connectivity index (χ1n) is 7.55. The third-order valence-corrected chi connectivity index (χ3v) is 5.04. The van der Waals surface area contributed by atoms with E-state index in [-0.39, 0.29) is 6.04 Å². The highest BCUT2D eigenvalue weighted by molar-refractivity contribution is 7.88. The minimum absolute atomic E-state index is 0.277. The summed E-state index contributed by atoms with van der Waals surface area (Å²) in [6, 6.07) is 15.7. The van der Waals surface area contributed by atoms with Gasteiger partial charge in [-0.25, -0.2) is 8.42 Å². The number of rotatable bonds is 3. The van der Waals surface area contributed by atoms with E-state index >= 15 is 0 Å². The topological polar surface area (TPSA) is 49.7 Å². The summed E-state index contributed by atoms with van der Waals surface area (Å²) >= 11 is 0. The van der Waals surface area contributed by atoms with Crippen molar-refractivity contribution in [2.45, 2.75) is 26.3 Å². The van der Waals surface area contributed by atoms with Crippen LogP contribution in [0.4, 0.5) is 0 Å². The summed E-state index contributed by atoms with van der Waals surface area (Å²) in [6.45, 7) is 4.03. The van der Waals surface area contributed by atoms with E-state index in [4.69, 9.17) is 0 Å². The van der Waals surface area contributed by atoms with Crippen molar-refractivity contribution in [1.82, 2.24) is 4.41 Å². The molecule has 23 heavy (non-hydrogen) atoms. The zero-order chi connectivity index (χ0) is 16.6. The van der Waals surface area contributed by atoms with Crippen LogP contribution in [0.2, 0.25) is 0 Å². The molecule has 0 radical (unpaired) electrons. The average Bonchev–Trinajstić information content (AvgIpc) is 2.93. The average molecular weight is 328 g/mol. The van der Waals surface area contributed by atoms with E-state index in [2.05, 4.69) is 5.10 Å². The van der Waals surface area contributed by atoms with Crippen molar-refractivity contribution in [3.8, 4) is 0 Å². The molecule has 0 amide bonds. The first-order chi connectivity index (χ1) is 10.8. The molecule has 1 aliphatic rings. The molecule has 0 saturated heterocycles. The molecule has 0 saturated carbocycles. The lowest BCUT2D eigenvalue weighted by Gasteiger charge is -2.21. The second kappa shape index (κ2) is 5.81. The van der Waals surface area contributed by atoms with E-state index in [1.54, 1.807) is 0 Å². The Kier molecular flexibility index (Phi) is 3.98. The summed E-state index contributed by atoms with van der Waals surface area (Å²) in [5.41, 5.74) is 5.03. The van der Waals surface area contributed by atoms with Gasteiger partial charge in [0, 0.05) is 6.42 Å². The molecule has 3 rings (SSSR count). The van der Waals surface area contributed by atoms with Crippen molar-refractivity contribution in [2.24, 2.45) is 5.10 Å². The first kappa shape index (κ1) is 15.7. The predicted molar refractivity (Wildman–Crippen MR) is 92.9 cm³/mol. The molecule has 4 nitrogen and oxygen atoms in total. The maximum atomic E-state index is 12.2. The lowest BCUT2D eigenvalue weighted by Crippen LogP contribution is -2.25. The fraction of sp³-hybridized carbons (Fsp3) is 0.278. The molecule has 1 atom stereocenters. The third-order valence-electron chi connectivity index (χ3n) is 4.02. The Bertz CT molecular complexity index is 855. The highest BCUT2D eigenvalue weighted by atomic mass is 32.2. The SMILES string of the molecule is Cc1ccc(C2=NN(S(C)(=O)=O)[C@@H](c3cccc(C)c3)C2)cc1. The van der Waals surface area contributed by atoms with Crippen molar-refractivity contribution >= 4 is 15.7 Å². The smallest absolute Gasteiger partial charge is 0.205 e. The molecule has 120 valence electrons. The van der Waals surface area contributed by atoms with Crippen LogP contribution >= 0.6 is 0 Å². The standard InChI is InChI=1S/C18H20N2O2S/c1-13-7-9-15(10-8-13)17-12-18(20(19-17)23(3,21)22)16-6-4-5-14(2)11-16/h4-11,18H,12H2,1-3H3/t18-/m1/s1. The van der Waals surface area contributed by atoms with Crippen LogP contribution < -0.4 is 0 Å². The van der Waals surface area contributed by atoms with Gasteiger partial charge in [0.1, 0.15) is 0 Å². The fourth-order valence-corrected chi connectivity index (χ4v) is 3.75. The molecular formula is C18H20N2O2S. The minimum atomic E-state index is -3.42. The summed E-state index contributed by atoms with van der Waals surface area (Å²) in [6.07, 6.45) is 1.79. The van der Waals surface area contributed by atoms with Crippen molar-refractivity contribution in [3.05, 3.63) is 70.8 Å². The molecule has 2 aromatic rings. The molecule has 0 fully saturated rings. The Labute approximate surface area is 137 Å². The molecule has 0 aromatic heterocycles. The van der Waals surface area contributed by atoms with E-state index < -0.39 is 10.0 Å². The number of hydrazone groups is 1. The quantitative estimate of drug-likeness (QED) is 0.867. The van der Waals surface area contributed by atoms with Gasteiger partial charge < -0.3 is 0 Å². The largest absolute Gasteiger partial charge is 0.247 e. The van der Waals surface area contributed by atoms with Crippen LogP contribution in [0.15, 0.2) is 53.6 Å². The van der Waals surface area contributed by atoms with Crippen LogP contribution in [0.25, 0.3) is 0 Å². The number of benzene rings is 2. The molecule has 0 spiro atoms. The summed E-state index contributed by atoms with van der Waals surface area (Å²) in [5, 5.41) is 4.41. The normalized spacial score (nSPS) is 18.1. The Hall–Kier alpha value is -2.14. The van der Waals surface area contributed by atoms with Gasteiger partial charge in [0.25, 0.3) is 0 Å². The second-order valence-corrected chi connectivity index (χ2v) is 7.92. The van der Waals surface area contributed by atoms with E-state index in [0.29, 0.717) is 6.42 Å². The molecule has 0 N–H and O–H groups in total. The molecular weight excluding hydrogens is 308 g/mol. The Morgan fingerprint density at radius 3 is 2.35 bits per heavy atom. The molecule has 0 aliphatic carbocycles. The van der Waals surface area contributed by atoms with Crippen LogP contribution in [-0.4, -0.2) is 24.8 Å². The molecule has 1 heterocycles. The van der Waals surface area contributed by atoms with Crippen molar-refractivity contribution < 1.29 is 8.42 Å². The van der Waals surface area contributed by atoms with Crippen molar-refractivity contribution in [3.63, 3.8) is 0 Å². The lowest BCUT2D eigenvalue weighted by molar-refractivity contribution is 0.374. The van der Waals surface area contributed by atoms with E-state index in [1.807, 2.05) is 62.4 Å². The Balaban J connectivity index is 2.01. The van der Waals surface area contributed by atoms with Crippen molar-refractivity contribution in [1.29, 1.82) is 0 Å². The van der Waals surface area contributed by atoms with Gasteiger partial charge in [0.15, 0.2) is 0 Å². The summed E-state index contributed by atoms with van der Waals surface area (Å²) < 4.78 is 25.6. The predicted octanol–water partition coefficient (Wildman–Crippen LogP) is 3.41. The summed E-state index contributed by atoms with van der Waals surface area (Å²) in [7, 11) is -3.42. The highest BCUT2D eigenvalue weighted by Gasteiger charge is 2.34. The van der Waals surface area contributed by atoms with Gasteiger partial charge >= 0.3 is 0 Å². The van der Waals surface area contributed by atoms with E-state index in [9.17, 15) is 8.42 Å². The van der Waals surface area contributed by atoms with Crippen molar-refractivity contribution in [2.75, 3.05) is 6.26 Å². The number of sulfonamides is 1. The van der Waals surface area contributed by atoms with Crippen LogP contribution in [0.3, 0.4) is 0 Å². The number of hydrogen-bond acceptors (Lipinski definition) is 3. The highest BCUT2D eigenvalue weighted by Crippen LogP contribution is 2.34. The maximum Gasteiger partial charge on any atom is 0.247 e. The number of nitrogens with zero attached hydrogens (tertiary/aromatic N) is 2. The van der Waals surface area contributed by atoms with E-state index in [1.165, 1.54) is 16.2 Å². The minimum Gasteiger partial charge on any atom is -0.205 e. The van der Waals surface area contributed by atoms with E-state index in [0.717, 1.165) is 22.4 Å². The molecule has 1 aliphatic heterocycles. The van der Waals surface area contributed by atoms with Gasteiger partial charge in [-0.05, 0) is 25.0 Å². The van der Waals surface area contributed by atoms with Gasteiger partial charge in [-0.2, -0.15) is 9.52 Å². The summed E-state index contributed by atoms with van der Waals surface area (Å²) in [5.74, 6) is 0. The van der Waals surface area contributed by atoms with Gasteiger partial charge in [-0.15, -0.1) is 0 Å². The number of hydrogen-bond donors (Lipinski definition) is 0. The van der Waals surface area contributed by atoms with Gasteiger partial charge in [-0.1, -0.05) is 59.7 Å². The molecule has 0 unspecified atom stereocenters. The second-order valence-electron chi connectivity index (χ2n) is 6.08. The Morgan fingerprint density at radius 2 is 1.74 bits per heavy atom. The Morgan fingerprint density at radius 1 is 1.04 bits per heavy atom. The van der Waals surface area contributed by atoms with Crippen LogP contribution in [-0.2, 0) is 10.0 Å². The lowest BCUT2D eigenvalue weighted by atomic mass is 9.98. The van der Waals surface area contributed by atoms with Gasteiger partial charge in [0.2, 0.25) is 10.0 Å². The van der Waals surface area contributed by atoms with Gasteiger partial charge in [0.05, 0.1) is 18.0 Å². The molecule has 2 aromatic carbocycles. The van der Waals surface area contributed by atoms with Crippen LogP contribution in [0, 0.1) is 13.8 Å². The third kappa shape index (κ3) is 3.29. The molecule has 5 heteroatoms. The van der Waals surface area contributed by atoms with Crippen LogP contribution in [0.5, 0.6) is 0 Å². The zero-order valence-electron chi connectivity index (χ0n) is 13.5. The number of aryl methyl sites for hydroxylation is 2. The first-order valence-corrected chi connectivity index (χ1v) is 9.40. The fourth-order valence-electron chi connectivity index (χ4n) is 2.84.